The average molecular weight is 296 g/mol. The molecule has 0 spiro atoms. The average Bonchev–Trinajstić information content (AvgIpc) is 3.04. The largest absolute Gasteiger partial charge is 0.337 e. The Morgan fingerprint density at radius 1 is 1.18 bits per heavy atom. The number of anilines is 1. The molecule has 3 aromatic rings. The van der Waals surface area contributed by atoms with Crippen LogP contribution >= 0.6 is 0 Å². The maximum atomic E-state index is 11.7. The van der Waals surface area contributed by atoms with Crippen LogP contribution in [-0.4, -0.2) is 26.1 Å². The number of pyridine rings is 2. The molecule has 2 amide bonds. The Morgan fingerprint density at radius 3 is 2.91 bits per heavy atom. The van der Waals surface area contributed by atoms with E-state index in [9.17, 15) is 4.79 Å². The van der Waals surface area contributed by atoms with Crippen LogP contribution in [0, 0.1) is 0 Å². The van der Waals surface area contributed by atoms with Gasteiger partial charge in [-0.15, -0.1) is 0 Å². The lowest BCUT2D eigenvalue weighted by atomic mass is 10.3. The Bertz CT molecular complexity index is 744. The molecule has 110 valence electrons. The van der Waals surface area contributed by atoms with E-state index in [4.69, 9.17) is 4.52 Å². The summed E-state index contributed by atoms with van der Waals surface area (Å²) in [6, 6.07) is 8.49. The van der Waals surface area contributed by atoms with E-state index in [-0.39, 0.29) is 12.6 Å². The van der Waals surface area contributed by atoms with Gasteiger partial charge in [0, 0.05) is 12.4 Å². The molecular weight excluding hydrogens is 284 g/mol. The van der Waals surface area contributed by atoms with Crippen LogP contribution in [0.4, 0.5) is 10.5 Å². The van der Waals surface area contributed by atoms with Gasteiger partial charge in [0.05, 0.1) is 18.4 Å². The van der Waals surface area contributed by atoms with Crippen molar-refractivity contribution in [2.45, 2.75) is 6.54 Å². The van der Waals surface area contributed by atoms with Crippen molar-refractivity contribution in [3.05, 3.63) is 54.8 Å². The lowest BCUT2D eigenvalue weighted by Gasteiger charge is -2.04. The molecule has 8 nitrogen and oxygen atoms in total. The molecule has 22 heavy (non-hydrogen) atoms. The van der Waals surface area contributed by atoms with Crippen molar-refractivity contribution in [2.75, 3.05) is 5.32 Å². The second-order valence-corrected chi connectivity index (χ2v) is 4.28. The first kappa shape index (κ1) is 13.7. The zero-order valence-corrected chi connectivity index (χ0v) is 11.4. The Kier molecular flexibility index (Phi) is 4.01. The van der Waals surface area contributed by atoms with E-state index in [2.05, 4.69) is 30.7 Å². The third-order valence-corrected chi connectivity index (χ3v) is 2.68. The minimum absolute atomic E-state index is 0.117. The van der Waals surface area contributed by atoms with Gasteiger partial charge in [0.1, 0.15) is 5.69 Å². The third-order valence-electron chi connectivity index (χ3n) is 2.68. The number of carbonyl (C=O) groups excluding carboxylic acids is 1. The van der Waals surface area contributed by atoms with Crippen molar-refractivity contribution in [3.63, 3.8) is 0 Å². The SMILES string of the molecule is O=C(NCc1nc(-c2ccccn2)no1)Nc1cccnc1. The molecule has 3 aromatic heterocycles. The summed E-state index contributed by atoms with van der Waals surface area (Å²) in [5, 5.41) is 9.07. The van der Waals surface area contributed by atoms with Gasteiger partial charge in [-0.05, 0) is 24.3 Å². The summed E-state index contributed by atoms with van der Waals surface area (Å²) in [6.45, 7) is 0.117. The van der Waals surface area contributed by atoms with Crippen molar-refractivity contribution >= 4 is 11.7 Å². The lowest BCUT2D eigenvalue weighted by Crippen LogP contribution is -2.28. The van der Waals surface area contributed by atoms with E-state index in [1.165, 1.54) is 0 Å². The summed E-state index contributed by atoms with van der Waals surface area (Å²) in [7, 11) is 0. The second-order valence-electron chi connectivity index (χ2n) is 4.28. The minimum atomic E-state index is -0.384. The highest BCUT2D eigenvalue weighted by Gasteiger charge is 2.10. The van der Waals surface area contributed by atoms with Gasteiger partial charge in [0.2, 0.25) is 11.7 Å². The maximum absolute atomic E-state index is 11.7. The Hall–Kier alpha value is -3.29. The van der Waals surface area contributed by atoms with Crippen LogP contribution in [0.5, 0.6) is 0 Å². The highest BCUT2D eigenvalue weighted by Crippen LogP contribution is 2.11. The molecule has 0 fully saturated rings. The molecule has 0 radical (unpaired) electrons. The summed E-state index contributed by atoms with van der Waals surface area (Å²) in [6.07, 6.45) is 4.82. The summed E-state index contributed by atoms with van der Waals surface area (Å²) >= 11 is 0. The first-order valence-corrected chi connectivity index (χ1v) is 6.50. The minimum Gasteiger partial charge on any atom is -0.337 e. The normalized spacial score (nSPS) is 10.2. The van der Waals surface area contributed by atoms with Gasteiger partial charge in [0.15, 0.2) is 0 Å². The molecule has 0 bridgehead atoms. The van der Waals surface area contributed by atoms with E-state index in [1.54, 1.807) is 42.9 Å². The number of aromatic nitrogens is 4. The number of rotatable bonds is 4. The van der Waals surface area contributed by atoms with Crippen molar-refractivity contribution in [1.82, 2.24) is 25.4 Å². The molecule has 0 aliphatic rings. The van der Waals surface area contributed by atoms with Gasteiger partial charge in [0.25, 0.3) is 0 Å². The Labute approximate surface area is 125 Å². The van der Waals surface area contributed by atoms with Crippen LogP contribution in [0.15, 0.2) is 53.4 Å². The molecule has 3 rings (SSSR count). The number of urea groups is 1. The van der Waals surface area contributed by atoms with E-state index < -0.39 is 0 Å². The van der Waals surface area contributed by atoms with Gasteiger partial charge < -0.3 is 15.2 Å². The maximum Gasteiger partial charge on any atom is 0.319 e. The summed E-state index contributed by atoms with van der Waals surface area (Å²) < 4.78 is 5.06. The van der Waals surface area contributed by atoms with Crippen LogP contribution in [0.25, 0.3) is 11.5 Å². The van der Waals surface area contributed by atoms with Crippen molar-refractivity contribution < 1.29 is 9.32 Å². The van der Waals surface area contributed by atoms with E-state index in [0.717, 1.165) is 0 Å². The topological polar surface area (TPSA) is 106 Å². The molecule has 0 aliphatic heterocycles. The zero-order chi connectivity index (χ0) is 15.2. The van der Waals surface area contributed by atoms with E-state index in [0.29, 0.717) is 23.1 Å². The first-order chi connectivity index (χ1) is 10.8. The highest BCUT2D eigenvalue weighted by molar-refractivity contribution is 5.88. The van der Waals surface area contributed by atoms with Crippen molar-refractivity contribution in [2.24, 2.45) is 0 Å². The summed E-state index contributed by atoms with van der Waals surface area (Å²) in [5.74, 6) is 0.673. The van der Waals surface area contributed by atoms with Gasteiger partial charge >= 0.3 is 6.03 Å². The summed E-state index contributed by atoms with van der Waals surface area (Å²) in [5.41, 5.74) is 1.21. The number of nitrogens with one attached hydrogen (secondary N) is 2. The van der Waals surface area contributed by atoms with E-state index in [1.807, 2.05) is 6.07 Å². The number of hydrogen-bond acceptors (Lipinski definition) is 6. The zero-order valence-electron chi connectivity index (χ0n) is 11.4. The van der Waals surface area contributed by atoms with Crippen molar-refractivity contribution in [3.8, 4) is 11.5 Å². The molecule has 0 saturated heterocycles. The lowest BCUT2D eigenvalue weighted by molar-refractivity contribution is 0.249. The quantitative estimate of drug-likeness (QED) is 0.761. The molecule has 0 aromatic carbocycles. The molecule has 0 saturated carbocycles. The standard InChI is InChI=1S/C14H12N6O2/c21-14(18-10-4-3-6-15-8-10)17-9-12-19-13(20-22-12)11-5-1-2-7-16-11/h1-8H,9H2,(H2,17,18,21). The fourth-order valence-electron chi connectivity index (χ4n) is 1.69. The van der Waals surface area contributed by atoms with Crippen molar-refractivity contribution in [1.29, 1.82) is 0 Å². The second kappa shape index (κ2) is 6.44. The number of carbonyl (C=O) groups is 1. The first-order valence-electron chi connectivity index (χ1n) is 6.50. The van der Waals surface area contributed by atoms with Crippen LogP contribution in [0.3, 0.4) is 0 Å². The van der Waals surface area contributed by atoms with Crippen LogP contribution in [-0.2, 0) is 6.54 Å². The molecular formula is C14H12N6O2. The molecule has 0 atom stereocenters. The highest BCUT2D eigenvalue weighted by atomic mass is 16.5. The molecule has 0 unspecified atom stereocenters. The number of nitrogens with zero attached hydrogens (tertiary/aromatic N) is 4. The molecule has 0 aliphatic carbocycles. The third kappa shape index (κ3) is 3.42. The fourth-order valence-corrected chi connectivity index (χ4v) is 1.69. The Balaban J connectivity index is 1.56. The fraction of sp³-hybridized carbons (Fsp3) is 0.0714. The Morgan fingerprint density at radius 2 is 2.14 bits per heavy atom. The van der Waals surface area contributed by atoms with Crippen LogP contribution < -0.4 is 10.6 Å². The molecule has 2 N–H and O–H groups in total. The molecule has 8 heteroatoms. The van der Waals surface area contributed by atoms with Gasteiger partial charge in [-0.2, -0.15) is 4.98 Å². The monoisotopic (exact) mass is 296 g/mol. The number of hydrogen-bond donors (Lipinski definition) is 2. The molecule has 3 heterocycles. The predicted molar refractivity (Wildman–Crippen MR) is 77.6 cm³/mol. The summed E-state index contributed by atoms with van der Waals surface area (Å²) in [4.78, 5) is 23.9. The van der Waals surface area contributed by atoms with Crippen LogP contribution in [0.1, 0.15) is 5.89 Å². The van der Waals surface area contributed by atoms with E-state index >= 15 is 0 Å². The smallest absolute Gasteiger partial charge is 0.319 e. The van der Waals surface area contributed by atoms with Gasteiger partial charge in [-0.1, -0.05) is 11.2 Å². The predicted octanol–water partition coefficient (Wildman–Crippen LogP) is 1.85. The van der Waals surface area contributed by atoms with Gasteiger partial charge in [-0.25, -0.2) is 4.79 Å². The van der Waals surface area contributed by atoms with Crippen LogP contribution in [0.2, 0.25) is 0 Å². The van der Waals surface area contributed by atoms with Gasteiger partial charge in [-0.3, -0.25) is 9.97 Å². The number of amides is 2.